The Morgan fingerprint density at radius 1 is 1.26 bits per heavy atom. The number of hydrogen-bond acceptors (Lipinski definition) is 9. The smallest absolute Gasteiger partial charge is 0.333 e. The number of nitrogens with zero attached hydrogens (tertiary/aromatic N) is 4. The standard InChI is InChI=1S/C23H28N6O5S/c1-14-4-3-5-16(8-14)11-29-7-6-19(28-29)22(31)21-15(2)25-13-26-23(21)27-18-9-17(20(30)10-18)12-34-35(24,32)33/h3-8,13,17-18,20,30H,9-12H2,1-2H3,(H2,24,32,33)(H,25,26,27)/t17-,18-,20+/m1/s1. The number of aryl methyl sites for hydroxylation is 2. The number of carbonyl (C=O) groups excluding carboxylic acids is 1. The molecule has 1 aliphatic rings. The average molecular weight is 501 g/mol. The summed E-state index contributed by atoms with van der Waals surface area (Å²) in [5.74, 6) is -0.410. The summed E-state index contributed by atoms with van der Waals surface area (Å²) in [6.45, 7) is 4.06. The lowest BCUT2D eigenvalue weighted by Crippen LogP contribution is -2.24. The fraction of sp³-hybridized carbons (Fsp3) is 0.391. The van der Waals surface area contributed by atoms with Gasteiger partial charge in [0, 0.05) is 18.2 Å². The van der Waals surface area contributed by atoms with E-state index in [-0.39, 0.29) is 24.1 Å². The number of rotatable bonds is 9. The summed E-state index contributed by atoms with van der Waals surface area (Å²) in [6, 6.07) is 9.48. The van der Waals surface area contributed by atoms with Gasteiger partial charge in [0.1, 0.15) is 17.8 Å². The number of benzene rings is 1. The molecule has 0 radical (unpaired) electrons. The first-order valence-electron chi connectivity index (χ1n) is 11.2. The molecule has 3 atom stereocenters. The number of aromatic nitrogens is 4. The Bertz CT molecular complexity index is 1330. The molecule has 0 bridgehead atoms. The Balaban J connectivity index is 1.49. The number of anilines is 1. The summed E-state index contributed by atoms with van der Waals surface area (Å²) < 4.78 is 28.5. The van der Waals surface area contributed by atoms with Crippen LogP contribution in [-0.4, -0.2) is 57.8 Å². The summed E-state index contributed by atoms with van der Waals surface area (Å²) in [4.78, 5) is 21.8. The van der Waals surface area contributed by atoms with Crippen LogP contribution < -0.4 is 10.5 Å². The first kappa shape index (κ1) is 24.9. The molecular weight excluding hydrogens is 472 g/mol. The zero-order valence-electron chi connectivity index (χ0n) is 19.5. The molecule has 2 aromatic heterocycles. The van der Waals surface area contributed by atoms with Crippen molar-refractivity contribution in [2.24, 2.45) is 11.1 Å². The molecule has 1 aromatic carbocycles. The van der Waals surface area contributed by atoms with Crippen LogP contribution in [0.2, 0.25) is 0 Å². The maximum absolute atomic E-state index is 13.4. The largest absolute Gasteiger partial charge is 0.393 e. The highest BCUT2D eigenvalue weighted by Gasteiger charge is 2.35. The zero-order valence-corrected chi connectivity index (χ0v) is 20.3. The van der Waals surface area contributed by atoms with Gasteiger partial charge in [0.05, 0.1) is 30.5 Å². The molecule has 1 saturated carbocycles. The van der Waals surface area contributed by atoms with E-state index in [0.29, 0.717) is 36.5 Å². The van der Waals surface area contributed by atoms with E-state index in [1.54, 1.807) is 23.9 Å². The Morgan fingerprint density at radius 2 is 2.06 bits per heavy atom. The van der Waals surface area contributed by atoms with Crippen molar-refractivity contribution < 1.29 is 22.5 Å². The summed E-state index contributed by atoms with van der Waals surface area (Å²) in [5.41, 5.74) is 3.29. The van der Waals surface area contributed by atoms with Crippen LogP contribution in [0.25, 0.3) is 0 Å². The van der Waals surface area contributed by atoms with Crippen LogP contribution in [0.1, 0.15) is 45.7 Å². The molecule has 0 unspecified atom stereocenters. The van der Waals surface area contributed by atoms with E-state index in [1.807, 2.05) is 25.1 Å². The van der Waals surface area contributed by atoms with Crippen LogP contribution in [-0.2, 0) is 21.0 Å². The second kappa shape index (κ2) is 10.2. The predicted octanol–water partition coefficient (Wildman–Crippen LogP) is 1.34. The van der Waals surface area contributed by atoms with Gasteiger partial charge in [-0.1, -0.05) is 29.8 Å². The van der Waals surface area contributed by atoms with Gasteiger partial charge in [-0.05, 0) is 38.3 Å². The highest BCUT2D eigenvalue weighted by Crippen LogP contribution is 2.30. The molecule has 1 aliphatic carbocycles. The first-order valence-corrected chi connectivity index (χ1v) is 12.6. The van der Waals surface area contributed by atoms with Gasteiger partial charge in [0.25, 0.3) is 0 Å². The minimum absolute atomic E-state index is 0.217. The van der Waals surface area contributed by atoms with Crippen molar-refractivity contribution in [2.75, 3.05) is 11.9 Å². The van der Waals surface area contributed by atoms with Crippen molar-refractivity contribution in [3.8, 4) is 0 Å². The molecule has 4 N–H and O–H groups in total. The van der Waals surface area contributed by atoms with Crippen molar-refractivity contribution in [3.63, 3.8) is 0 Å². The Morgan fingerprint density at radius 3 is 2.80 bits per heavy atom. The molecule has 0 spiro atoms. The topological polar surface area (TPSA) is 162 Å². The summed E-state index contributed by atoms with van der Waals surface area (Å²) in [6.07, 6.45) is 3.08. The van der Waals surface area contributed by atoms with E-state index >= 15 is 0 Å². The van der Waals surface area contributed by atoms with E-state index in [0.717, 1.165) is 11.1 Å². The SMILES string of the molecule is Cc1cccc(Cn2ccc(C(=O)c3c(C)ncnc3N[C@@H]3C[C@H](COS(N)(=O)=O)[C@@H](O)C3)n2)c1. The molecule has 2 heterocycles. The lowest BCUT2D eigenvalue weighted by atomic mass is 10.1. The lowest BCUT2D eigenvalue weighted by Gasteiger charge is -2.16. The van der Waals surface area contributed by atoms with Gasteiger partial charge in [-0.15, -0.1) is 0 Å². The van der Waals surface area contributed by atoms with Crippen LogP contribution in [0, 0.1) is 19.8 Å². The second-order valence-corrected chi connectivity index (χ2v) is 10.0. The maximum atomic E-state index is 13.4. The Labute approximate surface area is 203 Å². The molecule has 35 heavy (non-hydrogen) atoms. The van der Waals surface area contributed by atoms with Gasteiger partial charge in [0.2, 0.25) is 5.78 Å². The van der Waals surface area contributed by atoms with Gasteiger partial charge in [-0.2, -0.15) is 13.5 Å². The normalized spacial score (nSPS) is 20.2. The van der Waals surface area contributed by atoms with Crippen LogP contribution in [0.5, 0.6) is 0 Å². The van der Waals surface area contributed by atoms with Crippen LogP contribution >= 0.6 is 0 Å². The van der Waals surface area contributed by atoms with Crippen molar-refractivity contribution in [3.05, 3.63) is 70.9 Å². The molecule has 186 valence electrons. The van der Waals surface area contributed by atoms with E-state index in [2.05, 4.69) is 30.6 Å². The monoisotopic (exact) mass is 500 g/mol. The summed E-state index contributed by atoms with van der Waals surface area (Å²) in [7, 11) is -4.09. The minimum Gasteiger partial charge on any atom is -0.393 e. The van der Waals surface area contributed by atoms with E-state index in [1.165, 1.54) is 6.33 Å². The van der Waals surface area contributed by atoms with Crippen LogP contribution in [0.3, 0.4) is 0 Å². The third-order valence-corrected chi connectivity index (χ3v) is 6.47. The fourth-order valence-corrected chi connectivity index (χ4v) is 4.69. The molecular formula is C23H28N6O5S. The second-order valence-electron chi connectivity index (χ2n) is 8.82. The molecule has 12 heteroatoms. The third kappa shape index (κ3) is 6.28. The number of aliphatic hydroxyl groups excluding tert-OH is 1. The van der Waals surface area contributed by atoms with Gasteiger partial charge in [-0.3, -0.25) is 13.7 Å². The summed E-state index contributed by atoms with van der Waals surface area (Å²) in [5, 5.41) is 22.9. The van der Waals surface area contributed by atoms with Crippen molar-refractivity contribution >= 4 is 21.9 Å². The van der Waals surface area contributed by atoms with E-state index < -0.39 is 22.3 Å². The van der Waals surface area contributed by atoms with Crippen molar-refractivity contribution in [1.82, 2.24) is 19.7 Å². The number of aliphatic hydroxyl groups is 1. The van der Waals surface area contributed by atoms with Gasteiger partial charge in [-0.25, -0.2) is 15.1 Å². The minimum atomic E-state index is -4.09. The summed E-state index contributed by atoms with van der Waals surface area (Å²) >= 11 is 0. The zero-order chi connectivity index (χ0) is 25.2. The van der Waals surface area contributed by atoms with Crippen LogP contribution in [0.4, 0.5) is 5.82 Å². The molecule has 0 amide bonds. The molecule has 3 aromatic rings. The lowest BCUT2D eigenvalue weighted by molar-refractivity contribution is 0.101. The molecule has 4 rings (SSSR count). The highest BCUT2D eigenvalue weighted by molar-refractivity contribution is 7.84. The van der Waals surface area contributed by atoms with Crippen molar-refractivity contribution in [1.29, 1.82) is 0 Å². The highest BCUT2D eigenvalue weighted by atomic mass is 32.2. The van der Waals surface area contributed by atoms with Gasteiger partial charge in [0.15, 0.2) is 0 Å². The number of ketones is 1. The molecule has 0 aliphatic heterocycles. The third-order valence-electron chi connectivity index (χ3n) is 6.01. The Kier molecular flexibility index (Phi) is 7.26. The number of nitrogens with one attached hydrogen (secondary N) is 1. The Hall–Kier alpha value is -3.19. The quantitative estimate of drug-likeness (QED) is 0.368. The van der Waals surface area contributed by atoms with E-state index in [9.17, 15) is 18.3 Å². The number of hydrogen-bond donors (Lipinski definition) is 3. The fourth-order valence-electron chi connectivity index (χ4n) is 4.33. The molecule has 0 saturated heterocycles. The average Bonchev–Trinajstić information content (AvgIpc) is 3.38. The maximum Gasteiger partial charge on any atom is 0.333 e. The van der Waals surface area contributed by atoms with Crippen molar-refractivity contribution in [2.45, 2.75) is 45.4 Å². The molecule has 11 nitrogen and oxygen atoms in total. The van der Waals surface area contributed by atoms with Crippen LogP contribution in [0.15, 0.2) is 42.9 Å². The van der Waals surface area contributed by atoms with E-state index in [4.69, 9.17) is 5.14 Å². The number of nitrogens with two attached hydrogens (primary N) is 1. The first-order chi connectivity index (χ1) is 16.6. The predicted molar refractivity (Wildman–Crippen MR) is 128 cm³/mol. The van der Waals surface area contributed by atoms with Gasteiger partial charge < -0.3 is 10.4 Å². The molecule has 1 fully saturated rings. The number of carbonyl (C=O) groups is 1. The van der Waals surface area contributed by atoms with Gasteiger partial charge >= 0.3 is 10.3 Å².